The minimum absolute atomic E-state index is 0.0238. The van der Waals surface area contributed by atoms with Crippen LogP contribution in [-0.2, 0) is 16.1 Å². The number of fused-ring (bicyclic) bond motifs is 1. The second-order valence-electron chi connectivity index (χ2n) is 4.98. The van der Waals surface area contributed by atoms with Gasteiger partial charge in [-0.1, -0.05) is 30.3 Å². The molecule has 2 aromatic rings. The molecule has 2 aromatic carbocycles. The maximum absolute atomic E-state index is 11.1. The van der Waals surface area contributed by atoms with Crippen LogP contribution < -0.4 is 11.1 Å². The fourth-order valence-corrected chi connectivity index (χ4v) is 2.11. The zero-order chi connectivity index (χ0) is 15.4. The monoisotopic (exact) mass is 286 g/mol. The maximum atomic E-state index is 11.1. The molecule has 1 amide bonds. The molecule has 1 unspecified atom stereocenters. The van der Waals surface area contributed by atoms with Crippen molar-refractivity contribution in [1.82, 2.24) is 5.32 Å². The number of nitrogens with one attached hydrogen (secondary N) is 1. The number of hydrogen-bond acceptors (Lipinski definition) is 3. The first-order chi connectivity index (χ1) is 10.0. The first-order valence-electron chi connectivity index (χ1n) is 6.73. The lowest BCUT2D eigenvalue weighted by Gasteiger charge is -2.09. The Morgan fingerprint density at radius 2 is 1.86 bits per heavy atom. The molecule has 5 nitrogen and oxygen atoms in total. The van der Waals surface area contributed by atoms with Crippen molar-refractivity contribution >= 4 is 22.6 Å². The number of amides is 1. The molecular formula is C16H18N2O3. The molecule has 110 valence electrons. The Hall–Kier alpha value is -2.40. The van der Waals surface area contributed by atoms with Crippen LogP contribution in [0.15, 0.2) is 36.4 Å². The van der Waals surface area contributed by atoms with E-state index in [4.69, 9.17) is 10.8 Å². The number of carbonyl (C=O) groups excluding carboxylic acids is 1. The Morgan fingerprint density at radius 1 is 1.19 bits per heavy atom. The van der Waals surface area contributed by atoms with Crippen LogP contribution in [0.5, 0.6) is 0 Å². The number of rotatable bonds is 5. The first kappa shape index (κ1) is 15.0. The van der Waals surface area contributed by atoms with Gasteiger partial charge in [0.25, 0.3) is 0 Å². The van der Waals surface area contributed by atoms with Gasteiger partial charge in [-0.15, -0.1) is 0 Å². The number of nitrogens with two attached hydrogens (primary N) is 1. The van der Waals surface area contributed by atoms with Gasteiger partial charge < -0.3 is 16.2 Å². The lowest BCUT2D eigenvalue weighted by Crippen LogP contribution is -2.29. The van der Waals surface area contributed by atoms with E-state index in [0.29, 0.717) is 6.54 Å². The highest BCUT2D eigenvalue weighted by molar-refractivity contribution is 5.86. The third-order valence-electron chi connectivity index (χ3n) is 3.47. The molecule has 0 aliphatic heterocycles. The number of carboxylic acids is 1. The van der Waals surface area contributed by atoms with Crippen molar-refractivity contribution in [2.75, 3.05) is 6.54 Å². The minimum Gasteiger partial charge on any atom is -0.481 e. The SMILES string of the molecule is CC(C(=O)O)c1ccc2cc(CNC(=O)CN)ccc2c1. The van der Waals surface area contributed by atoms with E-state index in [1.165, 1.54) is 0 Å². The van der Waals surface area contributed by atoms with Crippen LogP contribution in [0.4, 0.5) is 0 Å². The molecule has 0 heterocycles. The predicted molar refractivity (Wildman–Crippen MR) is 80.9 cm³/mol. The zero-order valence-corrected chi connectivity index (χ0v) is 11.8. The number of hydrogen-bond donors (Lipinski definition) is 3. The van der Waals surface area contributed by atoms with Gasteiger partial charge in [-0.05, 0) is 34.9 Å². The van der Waals surface area contributed by atoms with Crippen LogP contribution >= 0.6 is 0 Å². The summed E-state index contributed by atoms with van der Waals surface area (Å²) >= 11 is 0. The summed E-state index contributed by atoms with van der Waals surface area (Å²) in [6.07, 6.45) is 0. The standard InChI is InChI=1S/C16H18N2O3/c1-10(16(20)21)12-4-5-13-6-11(2-3-14(13)7-12)9-18-15(19)8-17/h2-7,10H,8-9,17H2,1H3,(H,18,19)(H,20,21). The fraction of sp³-hybridized carbons (Fsp3) is 0.250. The van der Waals surface area contributed by atoms with Crippen molar-refractivity contribution in [3.8, 4) is 0 Å². The fourth-order valence-electron chi connectivity index (χ4n) is 2.11. The van der Waals surface area contributed by atoms with Crippen molar-refractivity contribution in [2.45, 2.75) is 19.4 Å². The summed E-state index contributed by atoms with van der Waals surface area (Å²) in [4.78, 5) is 22.2. The van der Waals surface area contributed by atoms with Crippen molar-refractivity contribution in [1.29, 1.82) is 0 Å². The number of carbonyl (C=O) groups is 2. The van der Waals surface area contributed by atoms with E-state index in [-0.39, 0.29) is 12.5 Å². The predicted octanol–water partition coefficient (Wildman–Crippen LogP) is 1.60. The summed E-state index contributed by atoms with van der Waals surface area (Å²) in [7, 11) is 0. The molecule has 0 fully saturated rings. The second-order valence-corrected chi connectivity index (χ2v) is 4.98. The van der Waals surface area contributed by atoms with Crippen LogP contribution in [0.1, 0.15) is 24.0 Å². The molecule has 5 heteroatoms. The van der Waals surface area contributed by atoms with E-state index in [1.54, 1.807) is 6.92 Å². The van der Waals surface area contributed by atoms with Crippen LogP contribution in [0.2, 0.25) is 0 Å². The molecule has 0 bridgehead atoms. The summed E-state index contributed by atoms with van der Waals surface area (Å²) < 4.78 is 0. The summed E-state index contributed by atoms with van der Waals surface area (Å²) in [6.45, 7) is 2.07. The molecule has 2 rings (SSSR count). The molecule has 0 saturated heterocycles. The Kier molecular flexibility index (Phi) is 4.55. The van der Waals surface area contributed by atoms with Crippen LogP contribution in [-0.4, -0.2) is 23.5 Å². The summed E-state index contributed by atoms with van der Waals surface area (Å²) in [5.41, 5.74) is 6.99. The van der Waals surface area contributed by atoms with E-state index in [1.807, 2.05) is 36.4 Å². The Labute approximate surface area is 122 Å². The minimum atomic E-state index is -0.838. The van der Waals surface area contributed by atoms with Gasteiger partial charge in [0.15, 0.2) is 0 Å². The van der Waals surface area contributed by atoms with Crippen molar-refractivity contribution in [3.05, 3.63) is 47.5 Å². The van der Waals surface area contributed by atoms with Gasteiger partial charge in [0, 0.05) is 6.54 Å². The van der Waals surface area contributed by atoms with Crippen molar-refractivity contribution in [2.24, 2.45) is 5.73 Å². The van der Waals surface area contributed by atoms with Gasteiger partial charge in [-0.25, -0.2) is 0 Å². The van der Waals surface area contributed by atoms with Crippen molar-refractivity contribution in [3.63, 3.8) is 0 Å². The molecule has 0 aliphatic carbocycles. The molecule has 0 aromatic heterocycles. The molecule has 4 N–H and O–H groups in total. The lowest BCUT2D eigenvalue weighted by atomic mass is 9.97. The van der Waals surface area contributed by atoms with Gasteiger partial charge >= 0.3 is 5.97 Å². The highest BCUT2D eigenvalue weighted by Crippen LogP contribution is 2.23. The molecule has 0 spiro atoms. The van der Waals surface area contributed by atoms with E-state index < -0.39 is 11.9 Å². The highest BCUT2D eigenvalue weighted by Gasteiger charge is 2.13. The van der Waals surface area contributed by atoms with E-state index >= 15 is 0 Å². The van der Waals surface area contributed by atoms with Gasteiger partial charge in [0.1, 0.15) is 0 Å². The Balaban J connectivity index is 2.23. The summed E-state index contributed by atoms with van der Waals surface area (Å²) in [5.74, 6) is -1.56. The quantitative estimate of drug-likeness (QED) is 0.778. The number of benzene rings is 2. The number of aliphatic carboxylic acids is 1. The third-order valence-corrected chi connectivity index (χ3v) is 3.47. The van der Waals surface area contributed by atoms with E-state index in [0.717, 1.165) is 21.9 Å². The molecule has 0 aliphatic rings. The first-order valence-corrected chi connectivity index (χ1v) is 6.73. The largest absolute Gasteiger partial charge is 0.481 e. The molecular weight excluding hydrogens is 268 g/mol. The average Bonchev–Trinajstić information content (AvgIpc) is 2.50. The zero-order valence-electron chi connectivity index (χ0n) is 11.8. The third kappa shape index (κ3) is 3.58. The van der Waals surface area contributed by atoms with Gasteiger partial charge in [-0.2, -0.15) is 0 Å². The molecule has 0 radical (unpaired) electrons. The van der Waals surface area contributed by atoms with Gasteiger partial charge in [-0.3, -0.25) is 9.59 Å². The lowest BCUT2D eigenvalue weighted by molar-refractivity contribution is -0.138. The van der Waals surface area contributed by atoms with Gasteiger partial charge in [0.05, 0.1) is 12.5 Å². The maximum Gasteiger partial charge on any atom is 0.310 e. The van der Waals surface area contributed by atoms with Crippen LogP contribution in [0, 0.1) is 0 Å². The van der Waals surface area contributed by atoms with E-state index in [2.05, 4.69) is 5.32 Å². The average molecular weight is 286 g/mol. The Morgan fingerprint density at radius 3 is 2.52 bits per heavy atom. The summed E-state index contributed by atoms with van der Waals surface area (Å²) in [5, 5.41) is 13.8. The Bertz CT molecular complexity index is 682. The molecule has 21 heavy (non-hydrogen) atoms. The highest BCUT2D eigenvalue weighted by atomic mass is 16.4. The smallest absolute Gasteiger partial charge is 0.310 e. The van der Waals surface area contributed by atoms with Gasteiger partial charge in [0.2, 0.25) is 5.91 Å². The van der Waals surface area contributed by atoms with E-state index in [9.17, 15) is 9.59 Å². The summed E-state index contributed by atoms with van der Waals surface area (Å²) in [6, 6.07) is 11.4. The second kappa shape index (κ2) is 6.37. The topological polar surface area (TPSA) is 92.4 Å². The molecule has 0 saturated carbocycles. The molecule has 1 atom stereocenters. The van der Waals surface area contributed by atoms with Crippen LogP contribution in [0.3, 0.4) is 0 Å². The number of carboxylic acid groups (broad SMARTS) is 1. The van der Waals surface area contributed by atoms with Crippen molar-refractivity contribution < 1.29 is 14.7 Å². The normalized spacial score (nSPS) is 12.1. The van der Waals surface area contributed by atoms with Crippen LogP contribution in [0.25, 0.3) is 10.8 Å².